The molecule has 1 aromatic carbocycles. The molecule has 2 aliphatic heterocycles. The zero-order chi connectivity index (χ0) is 22.3. The minimum absolute atomic E-state index is 0.00249. The van der Waals surface area contributed by atoms with Crippen molar-refractivity contribution in [2.45, 2.75) is 52.6 Å². The number of likely N-dealkylation sites (tertiary alicyclic amines) is 1. The van der Waals surface area contributed by atoms with E-state index in [1.54, 1.807) is 6.07 Å². The lowest BCUT2D eigenvalue weighted by atomic mass is 9.70. The van der Waals surface area contributed by atoms with Gasteiger partial charge >= 0.3 is 0 Å². The van der Waals surface area contributed by atoms with E-state index in [1.165, 1.54) is 16.0 Å². The SMILES string of the molecule is CCCN1C(=O)[C@@H]2[C@@H](CC(C)=C3[C@@H](CC/C(C)=C/c4cc(Br)ccc4O)OC[C@@H]32)C1=O. The molecule has 0 spiro atoms. The molecule has 1 aliphatic carbocycles. The Hall–Kier alpha value is -1.92. The zero-order valence-corrected chi connectivity index (χ0v) is 19.9. The van der Waals surface area contributed by atoms with E-state index in [0.29, 0.717) is 19.6 Å². The van der Waals surface area contributed by atoms with Gasteiger partial charge in [-0.05, 0) is 63.3 Å². The average Bonchev–Trinajstić information content (AvgIpc) is 3.25. The number of rotatable bonds is 6. The Morgan fingerprint density at radius 1 is 1.29 bits per heavy atom. The van der Waals surface area contributed by atoms with E-state index in [2.05, 4.69) is 29.8 Å². The van der Waals surface area contributed by atoms with E-state index in [9.17, 15) is 14.7 Å². The summed E-state index contributed by atoms with van der Waals surface area (Å²) in [7, 11) is 0. The highest BCUT2D eigenvalue weighted by molar-refractivity contribution is 9.10. The molecule has 3 aliphatic rings. The van der Waals surface area contributed by atoms with Gasteiger partial charge in [-0.3, -0.25) is 14.5 Å². The predicted molar refractivity (Wildman–Crippen MR) is 123 cm³/mol. The number of nitrogens with zero attached hydrogens (tertiary/aromatic N) is 1. The maximum atomic E-state index is 13.0. The fourth-order valence-corrected chi connectivity index (χ4v) is 5.85. The molecule has 1 aromatic rings. The van der Waals surface area contributed by atoms with Gasteiger partial charge in [-0.25, -0.2) is 0 Å². The first kappa shape index (κ1) is 22.3. The Kier molecular flexibility index (Phi) is 6.40. The number of ether oxygens (including phenoxy) is 1. The normalized spacial score (nSPS) is 28.4. The van der Waals surface area contributed by atoms with Crippen molar-refractivity contribution in [1.82, 2.24) is 4.90 Å². The number of halogens is 1. The van der Waals surface area contributed by atoms with Crippen LogP contribution in [0.2, 0.25) is 0 Å². The Bertz CT molecular complexity index is 966. The van der Waals surface area contributed by atoms with E-state index >= 15 is 0 Å². The Morgan fingerprint density at radius 2 is 2.06 bits per heavy atom. The van der Waals surface area contributed by atoms with Crippen molar-refractivity contribution in [2.75, 3.05) is 13.2 Å². The smallest absolute Gasteiger partial charge is 0.233 e. The van der Waals surface area contributed by atoms with Gasteiger partial charge in [0.1, 0.15) is 5.75 Å². The number of amides is 2. The van der Waals surface area contributed by atoms with Gasteiger partial charge in [0.25, 0.3) is 0 Å². The monoisotopic (exact) mass is 487 g/mol. The molecular weight excluding hydrogens is 458 g/mol. The number of allylic oxidation sites excluding steroid dienone is 2. The molecule has 1 N–H and O–H groups in total. The molecule has 2 heterocycles. The minimum Gasteiger partial charge on any atom is -0.507 e. The van der Waals surface area contributed by atoms with Gasteiger partial charge in [-0.1, -0.05) is 40.1 Å². The second-order valence-electron chi connectivity index (χ2n) is 9.06. The van der Waals surface area contributed by atoms with E-state index in [-0.39, 0.29) is 41.4 Å². The molecule has 0 saturated carbocycles. The second kappa shape index (κ2) is 8.91. The molecule has 4 rings (SSSR count). The Labute approximate surface area is 192 Å². The van der Waals surface area contributed by atoms with Crippen LogP contribution in [0.4, 0.5) is 0 Å². The van der Waals surface area contributed by atoms with Crippen LogP contribution < -0.4 is 0 Å². The number of hydrogen-bond acceptors (Lipinski definition) is 4. The summed E-state index contributed by atoms with van der Waals surface area (Å²) in [5.41, 5.74) is 4.42. The lowest BCUT2D eigenvalue weighted by Crippen LogP contribution is -2.34. The molecule has 2 fully saturated rings. The molecule has 166 valence electrons. The molecule has 31 heavy (non-hydrogen) atoms. The van der Waals surface area contributed by atoms with Crippen LogP contribution >= 0.6 is 15.9 Å². The van der Waals surface area contributed by atoms with Gasteiger partial charge in [0.2, 0.25) is 11.8 Å². The van der Waals surface area contributed by atoms with Crippen molar-refractivity contribution in [3.63, 3.8) is 0 Å². The van der Waals surface area contributed by atoms with Crippen molar-refractivity contribution in [2.24, 2.45) is 17.8 Å². The summed E-state index contributed by atoms with van der Waals surface area (Å²) in [6, 6.07) is 5.40. The number of fused-ring (bicyclic) bond motifs is 3. The van der Waals surface area contributed by atoms with Crippen molar-refractivity contribution < 1.29 is 19.4 Å². The summed E-state index contributed by atoms with van der Waals surface area (Å²) >= 11 is 3.45. The fourth-order valence-electron chi connectivity index (χ4n) is 5.48. The maximum Gasteiger partial charge on any atom is 0.233 e. The van der Waals surface area contributed by atoms with Gasteiger partial charge in [0.05, 0.1) is 24.5 Å². The molecule has 6 heteroatoms. The quantitative estimate of drug-likeness (QED) is 0.448. The van der Waals surface area contributed by atoms with Crippen molar-refractivity contribution in [3.05, 3.63) is 45.0 Å². The lowest BCUT2D eigenvalue weighted by molar-refractivity contribution is -0.140. The third-order valence-electron chi connectivity index (χ3n) is 6.88. The number of aromatic hydroxyl groups is 1. The maximum absolute atomic E-state index is 13.0. The summed E-state index contributed by atoms with van der Waals surface area (Å²) in [6.45, 7) is 7.19. The topological polar surface area (TPSA) is 66.8 Å². The van der Waals surface area contributed by atoms with E-state index in [4.69, 9.17) is 4.74 Å². The summed E-state index contributed by atoms with van der Waals surface area (Å²) in [4.78, 5) is 27.3. The van der Waals surface area contributed by atoms with Crippen LogP contribution in [0.25, 0.3) is 6.08 Å². The van der Waals surface area contributed by atoms with Crippen molar-refractivity contribution >= 4 is 33.8 Å². The number of phenolic OH excluding ortho intramolecular Hbond substituents is 1. The highest BCUT2D eigenvalue weighted by Gasteiger charge is 2.56. The first-order chi connectivity index (χ1) is 14.8. The standard InChI is InChI=1S/C25H30BrNO4/c1-4-9-27-24(29)18-11-15(3)22-19(23(18)25(27)30)13-31-21(22)8-5-14(2)10-16-12-17(26)6-7-20(16)28/h6-7,10,12,18-19,21,23,28H,4-5,8-9,11,13H2,1-3H3/b14-10+/t18-,19+,21-,23-/m1/s1. The van der Waals surface area contributed by atoms with Gasteiger partial charge in [0.15, 0.2) is 0 Å². The van der Waals surface area contributed by atoms with Crippen molar-refractivity contribution in [3.8, 4) is 5.75 Å². The van der Waals surface area contributed by atoms with Crippen LogP contribution in [0.15, 0.2) is 39.4 Å². The lowest BCUT2D eigenvalue weighted by Gasteiger charge is -2.30. The summed E-state index contributed by atoms with van der Waals surface area (Å²) in [5.74, 6) is -0.170. The van der Waals surface area contributed by atoms with E-state index in [0.717, 1.165) is 34.9 Å². The van der Waals surface area contributed by atoms with Gasteiger partial charge in [0, 0.05) is 22.5 Å². The molecular formula is C25H30BrNO4. The van der Waals surface area contributed by atoms with Gasteiger partial charge in [-0.2, -0.15) is 0 Å². The summed E-state index contributed by atoms with van der Waals surface area (Å²) < 4.78 is 7.10. The number of hydrogen-bond donors (Lipinski definition) is 1. The summed E-state index contributed by atoms with van der Waals surface area (Å²) in [6.07, 6.45) is 5.13. The first-order valence-corrected chi connectivity index (χ1v) is 11.9. The van der Waals surface area contributed by atoms with Gasteiger partial charge in [-0.15, -0.1) is 0 Å². The molecule has 0 aromatic heterocycles. The molecule has 2 amide bonds. The number of benzene rings is 1. The minimum atomic E-state index is -0.252. The van der Waals surface area contributed by atoms with Crippen molar-refractivity contribution in [1.29, 1.82) is 0 Å². The molecule has 2 saturated heterocycles. The van der Waals surface area contributed by atoms with Crippen LogP contribution in [0.5, 0.6) is 5.75 Å². The fraction of sp³-hybridized carbons (Fsp3) is 0.520. The Morgan fingerprint density at radius 3 is 2.81 bits per heavy atom. The van der Waals surface area contributed by atoms with E-state index < -0.39 is 0 Å². The summed E-state index contributed by atoms with van der Waals surface area (Å²) in [5, 5.41) is 10.1. The van der Waals surface area contributed by atoms with Crippen LogP contribution in [0.1, 0.15) is 52.0 Å². The molecule has 0 bridgehead atoms. The molecule has 0 unspecified atom stereocenters. The van der Waals surface area contributed by atoms with Crippen LogP contribution in [0, 0.1) is 17.8 Å². The number of phenols is 1. The second-order valence-corrected chi connectivity index (χ2v) is 9.98. The molecule has 0 radical (unpaired) electrons. The van der Waals surface area contributed by atoms with E-state index in [1.807, 2.05) is 25.1 Å². The van der Waals surface area contributed by atoms with Crippen LogP contribution in [-0.4, -0.2) is 41.1 Å². The molecule has 4 atom stereocenters. The number of carbonyl (C=O) groups is 2. The highest BCUT2D eigenvalue weighted by atomic mass is 79.9. The average molecular weight is 488 g/mol. The third kappa shape index (κ3) is 4.12. The van der Waals surface area contributed by atoms with Crippen LogP contribution in [0.3, 0.4) is 0 Å². The first-order valence-electron chi connectivity index (χ1n) is 11.1. The predicted octanol–water partition coefficient (Wildman–Crippen LogP) is 5.08. The van der Waals surface area contributed by atoms with Gasteiger partial charge < -0.3 is 9.84 Å². The number of imide groups is 1. The van der Waals surface area contributed by atoms with Crippen LogP contribution in [-0.2, 0) is 14.3 Å². The Balaban J connectivity index is 1.48. The molecule has 5 nitrogen and oxygen atoms in total. The number of carbonyl (C=O) groups excluding carboxylic acids is 2. The third-order valence-corrected chi connectivity index (χ3v) is 7.38. The highest BCUT2D eigenvalue weighted by Crippen LogP contribution is 2.49. The zero-order valence-electron chi connectivity index (χ0n) is 18.4. The largest absolute Gasteiger partial charge is 0.507 e.